The molecule has 0 aliphatic heterocycles. The number of nitrogens with zero attached hydrogens (tertiary/aromatic N) is 1. The second kappa shape index (κ2) is 6.45. The molecule has 110 valence electrons. The van der Waals surface area contributed by atoms with Gasteiger partial charge in [0, 0.05) is 13.3 Å². The molecule has 0 saturated carbocycles. The maximum Gasteiger partial charge on any atom is 0.255 e. The molecule has 5 heteroatoms. The number of methoxy groups -OCH3 is 1. The van der Waals surface area contributed by atoms with Crippen molar-refractivity contribution in [2.24, 2.45) is 0 Å². The van der Waals surface area contributed by atoms with Gasteiger partial charge in [0.05, 0.1) is 23.9 Å². The van der Waals surface area contributed by atoms with Gasteiger partial charge in [-0.1, -0.05) is 30.3 Å². The van der Waals surface area contributed by atoms with E-state index < -0.39 is 17.3 Å². The molecule has 0 radical (unpaired) electrons. The van der Waals surface area contributed by atoms with E-state index in [9.17, 15) is 9.18 Å². The number of benzene rings is 1. The Hall–Kier alpha value is -2.27. The molecule has 0 saturated heterocycles. The van der Waals surface area contributed by atoms with E-state index in [0.717, 1.165) is 11.8 Å². The highest BCUT2D eigenvalue weighted by atomic mass is 19.1. The Bertz CT molecular complexity index is 619. The van der Waals surface area contributed by atoms with Crippen LogP contribution in [0, 0.1) is 5.82 Å². The lowest BCUT2D eigenvalue weighted by molar-refractivity contribution is 0.0782. The van der Waals surface area contributed by atoms with Gasteiger partial charge >= 0.3 is 0 Å². The number of hydrogen-bond donors (Lipinski definition) is 1. The zero-order chi connectivity index (χ0) is 15.3. The fourth-order valence-electron chi connectivity index (χ4n) is 2.16. The number of pyridine rings is 1. The van der Waals surface area contributed by atoms with Crippen molar-refractivity contribution < 1.29 is 13.9 Å². The fourth-order valence-corrected chi connectivity index (χ4v) is 2.16. The van der Waals surface area contributed by atoms with Gasteiger partial charge in [-0.3, -0.25) is 9.78 Å². The fraction of sp³-hybridized carbons (Fsp3) is 0.250. The van der Waals surface area contributed by atoms with E-state index in [1.165, 1.54) is 12.3 Å². The van der Waals surface area contributed by atoms with Crippen LogP contribution in [0.25, 0.3) is 0 Å². The van der Waals surface area contributed by atoms with Gasteiger partial charge in [-0.2, -0.15) is 0 Å². The third kappa shape index (κ3) is 3.44. The maximum absolute atomic E-state index is 13.6. The molecule has 1 aromatic carbocycles. The average Bonchev–Trinajstić information content (AvgIpc) is 2.48. The van der Waals surface area contributed by atoms with Gasteiger partial charge < -0.3 is 10.1 Å². The zero-order valence-corrected chi connectivity index (χ0v) is 12.0. The van der Waals surface area contributed by atoms with E-state index >= 15 is 0 Å². The van der Waals surface area contributed by atoms with Crippen molar-refractivity contribution in [3.63, 3.8) is 0 Å². The zero-order valence-electron chi connectivity index (χ0n) is 12.0. The summed E-state index contributed by atoms with van der Waals surface area (Å²) in [6.07, 6.45) is 2.40. The van der Waals surface area contributed by atoms with Crippen molar-refractivity contribution in [3.8, 4) is 0 Å². The predicted molar refractivity (Wildman–Crippen MR) is 77.3 cm³/mol. The molecule has 1 aromatic heterocycles. The van der Waals surface area contributed by atoms with Crippen LogP contribution in [0.5, 0.6) is 0 Å². The molecular formula is C16H17FN2O2. The van der Waals surface area contributed by atoms with Crippen LogP contribution in [0.2, 0.25) is 0 Å². The molecular weight excluding hydrogens is 271 g/mol. The Morgan fingerprint density at radius 2 is 2.05 bits per heavy atom. The van der Waals surface area contributed by atoms with Gasteiger partial charge in [-0.15, -0.1) is 0 Å². The van der Waals surface area contributed by atoms with Gasteiger partial charge in [0.2, 0.25) is 0 Å². The number of hydrogen-bond acceptors (Lipinski definition) is 3. The summed E-state index contributed by atoms with van der Waals surface area (Å²) in [5, 5.41) is 2.84. The van der Waals surface area contributed by atoms with Crippen molar-refractivity contribution in [2.75, 3.05) is 13.7 Å². The number of amides is 1. The number of aromatic nitrogens is 1. The standard InChI is InChI=1S/C16H17FN2O2/c1-16(11-21-2,12-6-4-3-5-7-12)19-15(20)13-8-9-18-10-14(13)17/h3-10H,11H2,1-2H3,(H,19,20). The molecule has 1 heterocycles. The molecule has 0 bridgehead atoms. The van der Waals surface area contributed by atoms with Crippen LogP contribution in [0.4, 0.5) is 4.39 Å². The quantitative estimate of drug-likeness (QED) is 0.919. The molecule has 0 fully saturated rings. The van der Waals surface area contributed by atoms with Gasteiger partial charge in [0.1, 0.15) is 0 Å². The lowest BCUT2D eigenvalue weighted by Gasteiger charge is -2.30. The molecule has 1 atom stereocenters. The minimum atomic E-state index is -0.747. The van der Waals surface area contributed by atoms with E-state index in [4.69, 9.17) is 4.74 Å². The van der Waals surface area contributed by atoms with Crippen molar-refractivity contribution >= 4 is 5.91 Å². The van der Waals surface area contributed by atoms with Gasteiger partial charge in [0.15, 0.2) is 5.82 Å². The maximum atomic E-state index is 13.6. The molecule has 0 aliphatic carbocycles. The molecule has 1 unspecified atom stereocenters. The molecule has 21 heavy (non-hydrogen) atoms. The number of nitrogens with one attached hydrogen (secondary N) is 1. The van der Waals surface area contributed by atoms with Crippen LogP contribution in [0.1, 0.15) is 22.8 Å². The summed E-state index contributed by atoms with van der Waals surface area (Å²) in [4.78, 5) is 15.9. The molecule has 0 spiro atoms. The first kappa shape index (κ1) is 15.1. The van der Waals surface area contributed by atoms with Crippen molar-refractivity contribution in [1.82, 2.24) is 10.3 Å². The topological polar surface area (TPSA) is 51.2 Å². The number of carbonyl (C=O) groups excluding carboxylic acids is 1. The SMILES string of the molecule is COCC(C)(NC(=O)c1ccncc1F)c1ccccc1. The molecule has 4 nitrogen and oxygen atoms in total. The first-order valence-corrected chi connectivity index (χ1v) is 6.53. The van der Waals surface area contributed by atoms with Crippen LogP contribution < -0.4 is 5.32 Å². The van der Waals surface area contributed by atoms with Crippen molar-refractivity contribution in [3.05, 3.63) is 65.7 Å². The first-order valence-electron chi connectivity index (χ1n) is 6.53. The lowest BCUT2D eigenvalue weighted by Crippen LogP contribution is -2.47. The highest BCUT2D eigenvalue weighted by Gasteiger charge is 2.29. The van der Waals surface area contributed by atoms with E-state index in [1.54, 1.807) is 7.11 Å². The minimum absolute atomic E-state index is 0.0386. The Balaban J connectivity index is 2.29. The van der Waals surface area contributed by atoms with Gasteiger partial charge in [-0.25, -0.2) is 4.39 Å². The summed E-state index contributed by atoms with van der Waals surface area (Å²) >= 11 is 0. The Morgan fingerprint density at radius 3 is 2.67 bits per heavy atom. The summed E-state index contributed by atoms with van der Waals surface area (Å²) in [6, 6.07) is 10.8. The number of rotatable bonds is 5. The second-order valence-corrected chi connectivity index (χ2v) is 4.94. The predicted octanol–water partition coefficient (Wildman–Crippen LogP) is 2.51. The Morgan fingerprint density at radius 1 is 1.33 bits per heavy atom. The van der Waals surface area contributed by atoms with Crippen LogP contribution in [0.3, 0.4) is 0 Å². The number of carbonyl (C=O) groups is 1. The summed E-state index contributed by atoms with van der Waals surface area (Å²) in [5.41, 5.74) is 0.0981. The summed E-state index contributed by atoms with van der Waals surface area (Å²) in [6.45, 7) is 2.11. The largest absolute Gasteiger partial charge is 0.382 e. The third-order valence-electron chi connectivity index (χ3n) is 3.25. The highest BCUT2D eigenvalue weighted by molar-refractivity contribution is 5.94. The smallest absolute Gasteiger partial charge is 0.255 e. The minimum Gasteiger partial charge on any atom is -0.382 e. The second-order valence-electron chi connectivity index (χ2n) is 4.94. The third-order valence-corrected chi connectivity index (χ3v) is 3.25. The lowest BCUT2D eigenvalue weighted by atomic mass is 9.92. The van der Waals surface area contributed by atoms with E-state index in [2.05, 4.69) is 10.3 Å². The first-order chi connectivity index (χ1) is 10.1. The average molecular weight is 288 g/mol. The molecule has 2 aromatic rings. The van der Waals surface area contributed by atoms with Crippen LogP contribution in [0.15, 0.2) is 48.8 Å². The number of ether oxygens (including phenoxy) is 1. The Kier molecular flexibility index (Phi) is 4.65. The highest BCUT2D eigenvalue weighted by Crippen LogP contribution is 2.22. The molecule has 1 amide bonds. The molecule has 2 rings (SSSR count). The summed E-state index contributed by atoms with van der Waals surface area (Å²) in [5.74, 6) is -1.15. The number of halogens is 1. The monoisotopic (exact) mass is 288 g/mol. The normalized spacial score (nSPS) is 13.5. The van der Waals surface area contributed by atoms with Crippen molar-refractivity contribution in [2.45, 2.75) is 12.5 Å². The summed E-state index contributed by atoms with van der Waals surface area (Å²) < 4.78 is 18.9. The van der Waals surface area contributed by atoms with Gasteiger partial charge in [-0.05, 0) is 18.6 Å². The van der Waals surface area contributed by atoms with Crippen LogP contribution in [-0.2, 0) is 10.3 Å². The molecule has 0 aliphatic rings. The van der Waals surface area contributed by atoms with Crippen LogP contribution in [-0.4, -0.2) is 24.6 Å². The van der Waals surface area contributed by atoms with E-state index in [-0.39, 0.29) is 12.2 Å². The van der Waals surface area contributed by atoms with Crippen molar-refractivity contribution in [1.29, 1.82) is 0 Å². The summed E-state index contributed by atoms with van der Waals surface area (Å²) in [7, 11) is 1.56. The van der Waals surface area contributed by atoms with E-state index in [0.29, 0.717) is 0 Å². The molecule has 1 N–H and O–H groups in total. The Labute approximate surface area is 123 Å². The van der Waals surface area contributed by atoms with Crippen LogP contribution >= 0.6 is 0 Å². The van der Waals surface area contributed by atoms with E-state index in [1.807, 2.05) is 37.3 Å². The van der Waals surface area contributed by atoms with Gasteiger partial charge in [0.25, 0.3) is 5.91 Å².